The van der Waals surface area contributed by atoms with Gasteiger partial charge in [0.15, 0.2) is 5.82 Å². The monoisotopic (exact) mass is 331 g/mol. The molecule has 7 nitrogen and oxygen atoms in total. The topological polar surface area (TPSA) is 81.9 Å². The molecule has 7 heteroatoms. The lowest BCUT2D eigenvalue weighted by Crippen LogP contribution is -2.25. The van der Waals surface area contributed by atoms with E-state index in [1.807, 2.05) is 19.9 Å². The molecule has 0 fully saturated rings. The van der Waals surface area contributed by atoms with Crippen molar-refractivity contribution in [1.29, 1.82) is 0 Å². The molecule has 24 heavy (non-hydrogen) atoms. The third-order valence-corrected chi connectivity index (χ3v) is 3.52. The molecule has 0 spiro atoms. The minimum atomic E-state index is -0.0897. The molecule has 0 aliphatic rings. The Kier molecular flexibility index (Phi) is 6.28. The number of carbonyl (C=O) groups excluding carboxylic acids is 1. The summed E-state index contributed by atoms with van der Waals surface area (Å²) in [6, 6.07) is 7.29. The Morgan fingerprint density at radius 1 is 1.29 bits per heavy atom. The number of amides is 1. The standard InChI is InChI=1S/C17H25N5O2/c1-12(2)8-9-18-17(23)14-6-5-7-15(10-14)24-11-16-19-20-21-22(16)13(3)4/h5-7,10,12-13H,8-9,11H2,1-4H3,(H,18,23). The van der Waals surface area contributed by atoms with Gasteiger partial charge in [-0.15, -0.1) is 5.10 Å². The van der Waals surface area contributed by atoms with Gasteiger partial charge in [-0.3, -0.25) is 4.79 Å². The van der Waals surface area contributed by atoms with Gasteiger partial charge in [-0.05, 0) is 54.8 Å². The van der Waals surface area contributed by atoms with Crippen molar-refractivity contribution in [2.24, 2.45) is 5.92 Å². The van der Waals surface area contributed by atoms with Gasteiger partial charge in [0.2, 0.25) is 0 Å². The first-order chi connectivity index (χ1) is 11.5. The van der Waals surface area contributed by atoms with E-state index in [9.17, 15) is 4.79 Å². The van der Waals surface area contributed by atoms with Gasteiger partial charge in [0.05, 0.1) is 6.04 Å². The van der Waals surface area contributed by atoms with Gasteiger partial charge >= 0.3 is 0 Å². The second-order valence-corrected chi connectivity index (χ2v) is 6.39. The Bertz CT molecular complexity index is 667. The van der Waals surface area contributed by atoms with Crippen LogP contribution in [0.4, 0.5) is 0 Å². The second-order valence-electron chi connectivity index (χ2n) is 6.39. The van der Waals surface area contributed by atoms with Crippen molar-refractivity contribution in [2.45, 2.75) is 46.8 Å². The minimum Gasteiger partial charge on any atom is -0.486 e. The molecule has 1 aromatic heterocycles. The van der Waals surface area contributed by atoms with E-state index in [1.165, 1.54) is 0 Å². The van der Waals surface area contributed by atoms with Crippen molar-refractivity contribution in [3.8, 4) is 5.75 Å². The predicted octanol–water partition coefficient (Wildman–Crippen LogP) is 2.61. The lowest BCUT2D eigenvalue weighted by molar-refractivity contribution is 0.0951. The minimum absolute atomic E-state index is 0.0897. The third kappa shape index (κ3) is 5.04. The van der Waals surface area contributed by atoms with Crippen LogP contribution in [-0.2, 0) is 6.61 Å². The van der Waals surface area contributed by atoms with E-state index < -0.39 is 0 Å². The largest absolute Gasteiger partial charge is 0.486 e. The van der Waals surface area contributed by atoms with Gasteiger partial charge in [-0.2, -0.15) is 0 Å². The van der Waals surface area contributed by atoms with Crippen LogP contribution in [0.2, 0.25) is 0 Å². The Morgan fingerprint density at radius 2 is 2.08 bits per heavy atom. The van der Waals surface area contributed by atoms with E-state index in [1.54, 1.807) is 22.9 Å². The molecule has 1 aromatic carbocycles. The number of benzene rings is 1. The third-order valence-electron chi connectivity index (χ3n) is 3.52. The van der Waals surface area contributed by atoms with Crippen molar-refractivity contribution in [3.05, 3.63) is 35.7 Å². The maximum atomic E-state index is 12.2. The summed E-state index contributed by atoms with van der Waals surface area (Å²) < 4.78 is 7.44. The molecule has 0 radical (unpaired) electrons. The number of hydrogen-bond acceptors (Lipinski definition) is 5. The maximum Gasteiger partial charge on any atom is 0.251 e. The summed E-state index contributed by atoms with van der Waals surface area (Å²) in [7, 11) is 0. The fourth-order valence-corrected chi connectivity index (χ4v) is 2.16. The van der Waals surface area contributed by atoms with E-state index in [2.05, 4.69) is 34.7 Å². The lowest BCUT2D eigenvalue weighted by Gasteiger charge is -2.10. The van der Waals surface area contributed by atoms with Crippen LogP contribution >= 0.6 is 0 Å². The highest BCUT2D eigenvalue weighted by molar-refractivity contribution is 5.94. The molecular weight excluding hydrogens is 306 g/mol. The lowest BCUT2D eigenvalue weighted by atomic mass is 10.1. The van der Waals surface area contributed by atoms with Gasteiger partial charge in [-0.1, -0.05) is 19.9 Å². The van der Waals surface area contributed by atoms with E-state index in [4.69, 9.17) is 4.74 Å². The summed E-state index contributed by atoms with van der Waals surface area (Å²) >= 11 is 0. The highest BCUT2D eigenvalue weighted by Crippen LogP contribution is 2.15. The molecule has 1 N–H and O–H groups in total. The van der Waals surface area contributed by atoms with Crippen LogP contribution in [0.1, 0.15) is 56.3 Å². The van der Waals surface area contributed by atoms with Gasteiger partial charge in [0.25, 0.3) is 5.91 Å². The zero-order chi connectivity index (χ0) is 17.5. The Balaban J connectivity index is 1.95. The number of nitrogens with zero attached hydrogens (tertiary/aromatic N) is 4. The summed E-state index contributed by atoms with van der Waals surface area (Å²) in [4.78, 5) is 12.2. The molecule has 0 saturated carbocycles. The highest BCUT2D eigenvalue weighted by Gasteiger charge is 2.11. The number of aromatic nitrogens is 4. The molecule has 1 amide bonds. The molecule has 2 rings (SSSR count). The molecule has 0 atom stereocenters. The van der Waals surface area contributed by atoms with Crippen molar-refractivity contribution in [3.63, 3.8) is 0 Å². The molecule has 0 aliphatic heterocycles. The number of nitrogens with one attached hydrogen (secondary N) is 1. The van der Waals surface area contributed by atoms with Gasteiger partial charge < -0.3 is 10.1 Å². The van der Waals surface area contributed by atoms with Crippen LogP contribution < -0.4 is 10.1 Å². The van der Waals surface area contributed by atoms with E-state index in [0.29, 0.717) is 29.6 Å². The van der Waals surface area contributed by atoms with Crippen molar-refractivity contribution in [2.75, 3.05) is 6.54 Å². The van der Waals surface area contributed by atoms with Crippen LogP contribution in [-0.4, -0.2) is 32.7 Å². The summed E-state index contributed by atoms with van der Waals surface area (Å²) in [5, 5.41) is 14.5. The normalized spacial score (nSPS) is 11.1. The number of tetrazole rings is 1. The fourth-order valence-electron chi connectivity index (χ4n) is 2.16. The highest BCUT2D eigenvalue weighted by atomic mass is 16.5. The predicted molar refractivity (Wildman–Crippen MR) is 90.8 cm³/mol. The van der Waals surface area contributed by atoms with E-state index in [0.717, 1.165) is 6.42 Å². The first kappa shape index (κ1) is 17.9. The van der Waals surface area contributed by atoms with Crippen molar-refractivity contribution < 1.29 is 9.53 Å². The number of rotatable bonds is 8. The quantitative estimate of drug-likeness (QED) is 0.804. The van der Waals surface area contributed by atoms with Gasteiger partial charge in [0, 0.05) is 12.1 Å². The molecule has 0 saturated heterocycles. The van der Waals surface area contributed by atoms with Crippen LogP contribution in [0.15, 0.2) is 24.3 Å². The number of hydrogen-bond donors (Lipinski definition) is 1. The van der Waals surface area contributed by atoms with Crippen molar-refractivity contribution >= 4 is 5.91 Å². The molecule has 130 valence electrons. The zero-order valence-electron chi connectivity index (χ0n) is 14.7. The molecule has 0 aliphatic carbocycles. The van der Waals surface area contributed by atoms with Crippen molar-refractivity contribution in [1.82, 2.24) is 25.5 Å². The summed E-state index contributed by atoms with van der Waals surface area (Å²) in [6.07, 6.45) is 0.958. The maximum absolute atomic E-state index is 12.2. The number of ether oxygens (including phenoxy) is 1. The van der Waals surface area contributed by atoms with Crippen LogP contribution in [0, 0.1) is 5.92 Å². The summed E-state index contributed by atoms with van der Waals surface area (Å²) in [5.41, 5.74) is 0.583. The average Bonchev–Trinajstić information content (AvgIpc) is 3.01. The number of carbonyl (C=O) groups is 1. The summed E-state index contributed by atoms with van der Waals surface area (Å²) in [6.45, 7) is 9.19. The average molecular weight is 331 g/mol. The second kappa shape index (κ2) is 8.42. The molecular formula is C17H25N5O2. The molecule has 1 heterocycles. The summed E-state index contributed by atoms with van der Waals surface area (Å²) in [5.74, 6) is 1.74. The van der Waals surface area contributed by atoms with E-state index in [-0.39, 0.29) is 18.6 Å². The zero-order valence-corrected chi connectivity index (χ0v) is 14.7. The SMILES string of the molecule is CC(C)CCNC(=O)c1cccc(OCc2nnnn2C(C)C)c1. The van der Waals surface area contributed by atoms with E-state index >= 15 is 0 Å². The van der Waals surface area contributed by atoms with Crippen LogP contribution in [0.3, 0.4) is 0 Å². The molecule has 0 bridgehead atoms. The van der Waals surface area contributed by atoms with Crippen LogP contribution in [0.25, 0.3) is 0 Å². The Hall–Kier alpha value is -2.44. The molecule has 0 unspecified atom stereocenters. The fraction of sp³-hybridized carbons (Fsp3) is 0.529. The van der Waals surface area contributed by atoms with Gasteiger partial charge in [-0.25, -0.2) is 4.68 Å². The van der Waals surface area contributed by atoms with Crippen LogP contribution in [0.5, 0.6) is 5.75 Å². The smallest absolute Gasteiger partial charge is 0.251 e. The molecule has 2 aromatic rings. The first-order valence-electron chi connectivity index (χ1n) is 8.25. The first-order valence-corrected chi connectivity index (χ1v) is 8.25. The Labute approximate surface area is 142 Å². The Morgan fingerprint density at radius 3 is 2.79 bits per heavy atom. The van der Waals surface area contributed by atoms with Gasteiger partial charge in [0.1, 0.15) is 12.4 Å².